The van der Waals surface area contributed by atoms with E-state index in [-0.39, 0.29) is 11.9 Å². The Morgan fingerprint density at radius 1 is 0.962 bits per heavy atom. The number of carbonyl (C=O) groups excluding carboxylic acids is 1. The highest BCUT2D eigenvalue weighted by atomic mass is 16.2. The predicted molar refractivity (Wildman–Crippen MR) is 103 cm³/mol. The molecular formula is C19H30N4O3. The van der Waals surface area contributed by atoms with Gasteiger partial charge in [-0.05, 0) is 6.42 Å². The molecule has 0 fully saturated rings. The summed E-state index contributed by atoms with van der Waals surface area (Å²) in [7, 11) is 3.20. The van der Waals surface area contributed by atoms with Crippen LogP contribution in [0.15, 0.2) is 15.9 Å². The van der Waals surface area contributed by atoms with Crippen molar-refractivity contribution in [1.82, 2.24) is 18.7 Å². The summed E-state index contributed by atoms with van der Waals surface area (Å²) >= 11 is 0. The summed E-state index contributed by atoms with van der Waals surface area (Å²) < 4.78 is 3.55. The van der Waals surface area contributed by atoms with Crippen molar-refractivity contribution < 1.29 is 4.79 Å². The highest BCUT2D eigenvalue weighted by Gasteiger charge is 2.19. The summed E-state index contributed by atoms with van der Waals surface area (Å²) in [5.74, 6) is -0.429. The van der Waals surface area contributed by atoms with Gasteiger partial charge in [0.05, 0.1) is 6.33 Å². The summed E-state index contributed by atoms with van der Waals surface area (Å²) in [5, 5.41) is 0. The van der Waals surface area contributed by atoms with Crippen molar-refractivity contribution in [2.45, 2.75) is 71.1 Å². The average Bonchev–Trinajstić information content (AvgIpc) is 3.00. The van der Waals surface area contributed by atoms with Crippen molar-refractivity contribution >= 4 is 17.1 Å². The molecule has 0 aromatic carbocycles. The van der Waals surface area contributed by atoms with Crippen LogP contribution in [-0.4, -0.2) is 24.6 Å². The molecule has 0 unspecified atom stereocenters. The number of hydrogen-bond donors (Lipinski definition) is 0. The summed E-state index contributed by atoms with van der Waals surface area (Å²) in [4.78, 5) is 41.4. The van der Waals surface area contributed by atoms with Gasteiger partial charge < -0.3 is 4.57 Å². The maximum absolute atomic E-state index is 12.6. The zero-order valence-electron chi connectivity index (χ0n) is 16.2. The third-order valence-electron chi connectivity index (χ3n) is 4.86. The van der Waals surface area contributed by atoms with E-state index in [1.165, 1.54) is 56.5 Å². The molecule has 7 heteroatoms. The number of unbranched alkanes of at least 4 members (excludes halogenated alkanes) is 8. The Morgan fingerprint density at radius 2 is 1.54 bits per heavy atom. The third kappa shape index (κ3) is 4.51. The van der Waals surface area contributed by atoms with E-state index in [0.717, 1.165) is 17.4 Å². The SMILES string of the molecule is CCCCCCCCCCCC(=O)n1c(=O)c2c(ncn2C)n(C)c1=O. The maximum Gasteiger partial charge on any atom is 0.339 e. The minimum Gasteiger partial charge on any atom is -0.328 e. The molecule has 0 aliphatic heterocycles. The summed E-state index contributed by atoms with van der Waals surface area (Å²) in [6.45, 7) is 2.21. The van der Waals surface area contributed by atoms with Gasteiger partial charge >= 0.3 is 5.69 Å². The lowest BCUT2D eigenvalue weighted by Gasteiger charge is -2.07. The van der Waals surface area contributed by atoms with E-state index in [1.807, 2.05) is 0 Å². The van der Waals surface area contributed by atoms with E-state index in [1.54, 1.807) is 11.6 Å². The number of carbonyl (C=O) groups is 1. The molecule has 0 saturated carbocycles. The number of hydrogen-bond acceptors (Lipinski definition) is 4. The number of nitrogens with zero attached hydrogens (tertiary/aromatic N) is 4. The van der Waals surface area contributed by atoms with Crippen LogP contribution in [0.25, 0.3) is 11.2 Å². The van der Waals surface area contributed by atoms with Gasteiger partial charge in [-0.25, -0.2) is 9.78 Å². The minimum absolute atomic E-state index is 0.217. The smallest absolute Gasteiger partial charge is 0.328 e. The molecule has 2 heterocycles. The van der Waals surface area contributed by atoms with Gasteiger partial charge in [-0.15, -0.1) is 0 Å². The topological polar surface area (TPSA) is 78.9 Å². The molecule has 0 bridgehead atoms. The first kappa shape index (κ1) is 20.1. The van der Waals surface area contributed by atoms with Crippen LogP contribution in [-0.2, 0) is 14.1 Å². The van der Waals surface area contributed by atoms with Gasteiger partial charge in [0.2, 0.25) is 5.91 Å². The normalized spacial score (nSPS) is 11.3. The van der Waals surface area contributed by atoms with Crippen LogP contribution in [0.2, 0.25) is 0 Å². The van der Waals surface area contributed by atoms with Crippen molar-refractivity contribution in [3.05, 3.63) is 27.2 Å². The Hall–Kier alpha value is -2.18. The Labute approximate surface area is 153 Å². The molecule has 0 N–H and O–H groups in total. The lowest BCUT2D eigenvalue weighted by molar-refractivity contribution is 0.0888. The molecule has 0 atom stereocenters. The Kier molecular flexibility index (Phi) is 7.36. The van der Waals surface area contributed by atoms with Gasteiger partial charge in [0.1, 0.15) is 0 Å². The molecule has 0 spiro atoms. The average molecular weight is 362 g/mol. The van der Waals surface area contributed by atoms with Crippen LogP contribution in [0.5, 0.6) is 0 Å². The first-order chi connectivity index (χ1) is 12.5. The fraction of sp³-hybridized carbons (Fsp3) is 0.684. The largest absolute Gasteiger partial charge is 0.339 e. The first-order valence-corrected chi connectivity index (χ1v) is 9.65. The van der Waals surface area contributed by atoms with Gasteiger partial charge in [-0.2, -0.15) is 4.57 Å². The van der Waals surface area contributed by atoms with Gasteiger partial charge in [0.15, 0.2) is 11.2 Å². The molecular weight excluding hydrogens is 332 g/mol. The monoisotopic (exact) mass is 362 g/mol. The molecule has 7 nitrogen and oxygen atoms in total. The first-order valence-electron chi connectivity index (χ1n) is 9.65. The van der Waals surface area contributed by atoms with Crippen molar-refractivity contribution in [2.75, 3.05) is 0 Å². The quantitative estimate of drug-likeness (QED) is 0.609. The number of fused-ring (bicyclic) bond motifs is 1. The van der Waals surface area contributed by atoms with E-state index in [2.05, 4.69) is 11.9 Å². The molecule has 0 aliphatic carbocycles. The van der Waals surface area contributed by atoms with Gasteiger partial charge in [-0.3, -0.25) is 14.2 Å². The van der Waals surface area contributed by atoms with E-state index in [4.69, 9.17) is 0 Å². The number of aromatic nitrogens is 4. The molecule has 144 valence electrons. The third-order valence-corrected chi connectivity index (χ3v) is 4.86. The van der Waals surface area contributed by atoms with Gasteiger partial charge in [-0.1, -0.05) is 58.3 Å². The summed E-state index contributed by atoms with van der Waals surface area (Å²) in [6.07, 6.45) is 12.0. The van der Waals surface area contributed by atoms with Crippen LogP contribution in [0.1, 0.15) is 75.9 Å². The highest BCUT2D eigenvalue weighted by molar-refractivity contribution is 5.81. The summed E-state index contributed by atoms with van der Waals surface area (Å²) in [6, 6.07) is 0. The van der Waals surface area contributed by atoms with Crippen molar-refractivity contribution in [3.63, 3.8) is 0 Å². The Bertz CT molecular complexity index is 860. The molecule has 0 saturated heterocycles. The molecule has 0 amide bonds. The van der Waals surface area contributed by atoms with Crippen LogP contribution in [0, 0.1) is 0 Å². The van der Waals surface area contributed by atoms with Gasteiger partial charge in [0.25, 0.3) is 5.56 Å². The van der Waals surface area contributed by atoms with Crippen LogP contribution in [0.3, 0.4) is 0 Å². The Balaban J connectivity index is 1.91. The zero-order valence-corrected chi connectivity index (χ0v) is 16.2. The van der Waals surface area contributed by atoms with Gasteiger partial charge in [0, 0.05) is 20.5 Å². The Morgan fingerprint density at radius 3 is 2.15 bits per heavy atom. The predicted octanol–water partition coefficient (Wildman–Crippen LogP) is 2.99. The van der Waals surface area contributed by atoms with E-state index in [9.17, 15) is 14.4 Å². The highest BCUT2D eigenvalue weighted by Crippen LogP contribution is 2.11. The minimum atomic E-state index is -0.623. The van der Waals surface area contributed by atoms with Crippen LogP contribution < -0.4 is 11.2 Å². The second-order valence-electron chi connectivity index (χ2n) is 6.98. The molecule has 2 aromatic heterocycles. The summed E-state index contributed by atoms with van der Waals surface area (Å²) in [5.41, 5.74) is -0.631. The van der Waals surface area contributed by atoms with E-state index in [0.29, 0.717) is 12.1 Å². The fourth-order valence-electron chi connectivity index (χ4n) is 3.26. The lowest BCUT2D eigenvalue weighted by Crippen LogP contribution is -2.43. The van der Waals surface area contributed by atoms with Crippen molar-refractivity contribution in [2.24, 2.45) is 14.1 Å². The second-order valence-corrected chi connectivity index (χ2v) is 6.98. The molecule has 26 heavy (non-hydrogen) atoms. The second kappa shape index (κ2) is 9.50. The number of imidazole rings is 1. The molecule has 2 rings (SSSR count). The fourth-order valence-corrected chi connectivity index (χ4v) is 3.26. The van der Waals surface area contributed by atoms with Crippen molar-refractivity contribution in [3.8, 4) is 0 Å². The molecule has 0 radical (unpaired) electrons. The molecule has 2 aromatic rings. The van der Waals surface area contributed by atoms with Crippen LogP contribution in [0.4, 0.5) is 0 Å². The molecule has 0 aliphatic rings. The number of aryl methyl sites for hydroxylation is 2. The van der Waals surface area contributed by atoms with E-state index < -0.39 is 17.2 Å². The van der Waals surface area contributed by atoms with E-state index >= 15 is 0 Å². The van der Waals surface area contributed by atoms with Crippen molar-refractivity contribution in [1.29, 1.82) is 0 Å². The standard InChI is InChI=1S/C19H30N4O3/c1-4-5-6-7-8-9-10-11-12-13-15(24)23-18(25)16-17(20-14-21(16)2)22(3)19(23)26/h14H,4-13H2,1-3H3. The maximum atomic E-state index is 12.6. The zero-order chi connectivity index (χ0) is 19.1. The van der Waals surface area contributed by atoms with Crippen LogP contribution >= 0.6 is 0 Å². The number of rotatable bonds is 10. The lowest BCUT2D eigenvalue weighted by atomic mass is 10.1.